The SMILES string of the molecule is Cc1cc(O)c(C(C)(C)C)cc1C(C)CC(C)(c1cc(C(C)(C)C)c(O)cc1C)c1cc(C(C)(C)C)c(O)cc1C. The summed E-state index contributed by atoms with van der Waals surface area (Å²) in [6.45, 7) is 30.1. The van der Waals surface area contributed by atoms with Gasteiger partial charge in [-0.15, -0.1) is 0 Å². The topological polar surface area (TPSA) is 60.7 Å². The van der Waals surface area contributed by atoms with Gasteiger partial charge in [-0.05, 0) is 118 Å². The maximum atomic E-state index is 11.0. The molecule has 0 saturated heterocycles. The van der Waals surface area contributed by atoms with Crippen LogP contribution in [0.1, 0.15) is 139 Å². The number of rotatable bonds is 5. The van der Waals surface area contributed by atoms with Crippen LogP contribution in [-0.2, 0) is 21.7 Å². The molecule has 1 atom stereocenters. The van der Waals surface area contributed by atoms with Crippen LogP contribution < -0.4 is 0 Å². The van der Waals surface area contributed by atoms with Gasteiger partial charge in [-0.1, -0.05) is 94.4 Å². The first-order valence-electron chi connectivity index (χ1n) is 15.0. The quantitative estimate of drug-likeness (QED) is 0.292. The molecule has 0 aromatic heterocycles. The van der Waals surface area contributed by atoms with E-state index >= 15 is 0 Å². The third kappa shape index (κ3) is 6.45. The Labute approximate surface area is 249 Å². The summed E-state index contributed by atoms with van der Waals surface area (Å²) in [6.07, 6.45) is 0.812. The molecule has 0 spiro atoms. The van der Waals surface area contributed by atoms with Gasteiger partial charge in [0, 0.05) is 5.41 Å². The second kappa shape index (κ2) is 10.7. The third-order valence-electron chi connectivity index (χ3n) is 8.93. The van der Waals surface area contributed by atoms with Crippen molar-refractivity contribution in [1.82, 2.24) is 0 Å². The lowest BCUT2D eigenvalue weighted by molar-refractivity contribution is 0.431. The van der Waals surface area contributed by atoms with E-state index in [0.29, 0.717) is 17.2 Å². The minimum absolute atomic E-state index is 0.166. The predicted molar refractivity (Wildman–Crippen MR) is 174 cm³/mol. The summed E-state index contributed by atoms with van der Waals surface area (Å²) in [6, 6.07) is 12.4. The normalized spacial score (nSPS) is 13.9. The molecule has 3 aromatic carbocycles. The summed E-state index contributed by atoms with van der Waals surface area (Å²) in [7, 11) is 0. The molecule has 3 nitrogen and oxygen atoms in total. The average molecular weight is 559 g/mol. The predicted octanol–water partition coefficient (Wildman–Crippen LogP) is 10.1. The molecule has 3 heteroatoms. The highest BCUT2D eigenvalue weighted by atomic mass is 16.3. The van der Waals surface area contributed by atoms with Gasteiger partial charge in [0.05, 0.1) is 0 Å². The summed E-state index contributed by atoms with van der Waals surface area (Å²) in [5.74, 6) is 1.17. The maximum absolute atomic E-state index is 11.0. The first kappa shape index (κ1) is 32.6. The molecule has 0 radical (unpaired) electrons. The number of phenolic OH excluding ortho intramolecular Hbond substituents is 3. The van der Waals surface area contributed by atoms with E-state index in [1.807, 2.05) is 18.2 Å². The van der Waals surface area contributed by atoms with Crippen molar-refractivity contribution in [2.45, 2.75) is 131 Å². The van der Waals surface area contributed by atoms with Crippen LogP contribution in [0.4, 0.5) is 0 Å². The van der Waals surface area contributed by atoms with Crippen LogP contribution in [0.3, 0.4) is 0 Å². The molecule has 0 bridgehead atoms. The number of aromatic hydroxyl groups is 3. The fraction of sp³-hybridized carbons (Fsp3) is 0.526. The van der Waals surface area contributed by atoms with Crippen LogP contribution >= 0.6 is 0 Å². The molecule has 0 aliphatic heterocycles. The fourth-order valence-electron chi connectivity index (χ4n) is 6.70. The Morgan fingerprint density at radius 1 is 0.488 bits per heavy atom. The van der Waals surface area contributed by atoms with Gasteiger partial charge >= 0.3 is 0 Å². The number of aryl methyl sites for hydroxylation is 3. The summed E-state index contributed by atoms with van der Waals surface area (Å²) in [5.41, 5.74) is 8.55. The van der Waals surface area contributed by atoms with Gasteiger partial charge in [0.25, 0.3) is 0 Å². The van der Waals surface area contributed by atoms with Crippen molar-refractivity contribution in [1.29, 1.82) is 0 Å². The van der Waals surface area contributed by atoms with Gasteiger partial charge in [0.15, 0.2) is 0 Å². The molecule has 0 heterocycles. The van der Waals surface area contributed by atoms with Crippen molar-refractivity contribution in [2.75, 3.05) is 0 Å². The summed E-state index contributed by atoms with van der Waals surface area (Å²) >= 11 is 0. The zero-order valence-electron chi connectivity index (χ0n) is 28.1. The van der Waals surface area contributed by atoms with Gasteiger partial charge in [0.1, 0.15) is 17.2 Å². The van der Waals surface area contributed by atoms with E-state index in [9.17, 15) is 15.3 Å². The standard InChI is InChI=1S/C38H54O3/c1-22-15-32(39)29(35(5,6)7)18-26(22)25(4)21-38(14,27-19-30(36(8,9)10)33(40)16-23(27)2)28-20-31(37(11,12)13)34(41)17-24(28)3/h15-20,25,39-41H,21H2,1-14H3. The van der Waals surface area contributed by atoms with E-state index in [2.05, 4.69) is 115 Å². The van der Waals surface area contributed by atoms with Crippen LogP contribution in [0.25, 0.3) is 0 Å². The van der Waals surface area contributed by atoms with Crippen molar-refractivity contribution in [2.24, 2.45) is 0 Å². The first-order valence-corrected chi connectivity index (χ1v) is 15.0. The molecule has 41 heavy (non-hydrogen) atoms. The van der Waals surface area contributed by atoms with Gasteiger partial charge in [-0.25, -0.2) is 0 Å². The molecule has 1 unspecified atom stereocenters. The number of hydrogen-bond donors (Lipinski definition) is 3. The Hall–Kier alpha value is -2.94. The third-order valence-corrected chi connectivity index (χ3v) is 8.93. The number of benzene rings is 3. The maximum Gasteiger partial charge on any atom is 0.119 e. The largest absolute Gasteiger partial charge is 0.508 e. The summed E-state index contributed by atoms with van der Waals surface area (Å²) < 4.78 is 0. The lowest BCUT2D eigenvalue weighted by atomic mass is 9.65. The molecule has 0 saturated carbocycles. The molecular weight excluding hydrogens is 504 g/mol. The smallest absolute Gasteiger partial charge is 0.119 e. The summed E-state index contributed by atoms with van der Waals surface area (Å²) in [4.78, 5) is 0. The van der Waals surface area contributed by atoms with E-state index in [-0.39, 0.29) is 22.2 Å². The Morgan fingerprint density at radius 2 is 0.805 bits per heavy atom. The Kier molecular flexibility index (Phi) is 8.51. The average Bonchev–Trinajstić information content (AvgIpc) is 2.75. The van der Waals surface area contributed by atoms with E-state index < -0.39 is 5.41 Å². The minimum Gasteiger partial charge on any atom is -0.508 e. The lowest BCUT2D eigenvalue weighted by Crippen LogP contribution is -2.30. The Bertz CT molecular complexity index is 1370. The van der Waals surface area contributed by atoms with Crippen LogP contribution in [0.15, 0.2) is 36.4 Å². The Morgan fingerprint density at radius 3 is 1.15 bits per heavy atom. The monoisotopic (exact) mass is 558 g/mol. The number of hydrogen-bond acceptors (Lipinski definition) is 3. The van der Waals surface area contributed by atoms with E-state index in [4.69, 9.17) is 0 Å². The molecule has 3 aromatic rings. The van der Waals surface area contributed by atoms with Crippen molar-refractivity contribution >= 4 is 0 Å². The molecule has 0 amide bonds. The van der Waals surface area contributed by atoms with Crippen molar-refractivity contribution in [3.05, 3.63) is 86.5 Å². The first-order chi connectivity index (χ1) is 18.5. The van der Waals surface area contributed by atoms with E-state index in [0.717, 1.165) is 39.8 Å². The molecule has 0 aliphatic rings. The highest BCUT2D eigenvalue weighted by Crippen LogP contribution is 2.49. The zero-order valence-corrected chi connectivity index (χ0v) is 28.1. The number of phenols is 3. The van der Waals surface area contributed by atoms with Gasteiger partial charge in [0.2, 0.25) is 0 Å². The van der Waals surface area contributed by atoms with E-state index in [1.54, 1.807) is 0 Å². The lowest BCUT2D eigenvalue weighted by Gasteiger charge is -2.39. The molecular formula is C38H54O3. The van der Waals surface area contributed by atoms with Crippen LogP contribution in [0, 0.1) is 20.8 Å². The highest BCUT2D eigenvalue weighted by Gasteiger charge is 2.37. The second-order valence-corrected chi connectivity index (χ2v) is 15.8. The van der Waals surface area contributed by atoms with E-state index in [1.165, 1.54) is 16.7 Å². The van der Waals surface area contributed by atoms with Crippen molar-refractivity contribution in [3.63, 3.8) is 0 Å². The van der Waals surface area contributed by atoms with Gasteiger partial charge in [-0.3, -0.25) is 0 Å². The fourth-order valence-corrected chi connectivity index (χ4v) is 6.70. The van der Waals surface area contributed by atoms with Crippen LogP contribution in [0.2, 0.25) is 0 Å². The molecule has 0 fully saturated rings. The van der Waals surface area contributed by atoms with Crippen molar-refractivity contribution in [3.8, 4) is 17.2 Å². The van der Waals surface area contributed by atoms with Crippen LogP contribution in [0.5, 0.6) is 17.2 Å². The molecule has 224 valence electrons. The Balaban J connectivity index is 2.38. The van der Waals surface area contributed by atoms with Gasteiger partial charge in [-0.2, -0.15) is 0 Å². The van der Waals surface area contributed by atoms with Crippen molar-refractivity contribution < 1.29 is 15.3 Å². The second-order valence-electron chi connectivity index (χ2n) is 15.8. The molecule has 0 aliphatic carbocycles. The molecule has 3 N–H and O–H groups in total. The molecule has 3 rings (SSSR count). The van der Waals surface area contributed by atoms with Crippen LogP contribution in [-0.4, -0.2) is 15.3 Å². The van der Waals surface area contributed by atoms with Gasteiger partial charge < -0.3 is 15.3 Å². The highest BCUT2D eigenvalue weighted by molar-refractivity contribution is 5.56. The summed E-state index contributed by atoms with van der Waals surface area (Å²) in [5, 5.41) is 32.8. The minimum atomic E-state index is -0.429. The zero-order chi connectivity index (χ0) is 31.5.